The van der Waals surface area contributed by atoms with E-state index in [-0.39, 0.29) is 5.92 Å². The van der Waals surface area contributed by atoms with Crippen LogP contribution in [0.3, 0.4) is 0 Å². The predicted molar refractivity (Wildman–Crippen MR) is 80.4 cm³/mol. The van der Waals surface area contributed by atoms with Gasteiger partial charge in [0.2, 0.25) is 5.13 Å². The molecule has 8 heteroatoms. The second kappa shape index (κ2) is 6.45. The molecule has 0 aliphatic heterocycles. The fourth-order valence-electron chi connectivity index (χ4n) is 1.69. The Morgan fingerprint density at radius 2 is 2.15 bits per heavy atom. The molecule has 2 heterocycles. The standard InChI is InChI=1S/C12H18N4O2S2/c1-8(2)11-9(13-7-18-11)5-20(17)6-10-14-12(16(3)4)19-15-10/h7-8H,5-6H2,1-4H3/t20-/m0/s1. The molecule has 0 aliphatic rings. The van der Waals surface area contributed by atoms with Gasteiger partial charge in [0.15, 0.2) is 12.2 Å². The third kappa shape index (κ3) is 3.63. The first kappa shape index (κ1) is 15.1. The molecule has 0 N–H and O–H groups in total. The van der Waals surface area contributed by atoms with Crippen molar-refractivity contribution in [3.8, 4) is 0 Å². The molecular formula is C12H18N4O2S2. The number of rotatable bonds is 6. The van der Waals surface area contributed by atoms with Crippen molar-refractivity contribution in [2.75, 3.05) is 19.0 Å². The van der Waals surface area contributed by atoms with Gasteiger partial charge in [0, 0.05) is 42.3 Å². The van der Waals surface area contributed by atoms with Crippen LogP contribution in [-0.2, 0) is 22.3 Å². The highest BCUT2D eigenvalue weighted by Gasteiger charge is 2.16. The summed E-state index contributed by atoms with van der Waals surface area (Å²) in [5, 5.41) is 0.821. The molecule has 2 aromatic rings. The molecular weight excluding hydrogens is 296 g/mol. The van der Waals surface area contributed by atoms with Gasteiger partial charge in [-0.3, -0.25) is 4.21 Å². The normalized spacial score (nSPS) is 12.8. The summed E-state index contributed by atoms with van der Waals surface area (Å²) in [6.45, 7) is 4.05. The van der Waals surface area contributed by atoms with Gasteiger partial charge >= 0.3 is 0 Å². The number of nitrogens with zero attached hydrogens (tertiary/aromatic N) is 4. The number of oxazole rings is 1. The summed E-state index contributed by atoms with van der Waals surface area (Å²) < 4.78 is 21.7. The number of anilines is 1. The molecule has 0 fully saturated rings. The maximum Gasteiger partial charge on any atom is 0.204 e. The molecule has 0 saturated heterocycles. The van der Waals surface area contributed by atoms with Crippen molar-refractivity contribution >= 4 is 27.5 Å². The molecule has 0 aliphatic carbocycles. The summed E-state index contributed by atoms with van der Waals surface area (Å²) in [5.74, 6) is 2.38. The van der Waals surface area contributed by atoms with E-state index >= 15 is 0 Å². The Labute approximate surface area is 124 Å². The van der Waals surface area contributed by atoms with Crippen LogP contribution in [0.5, 0.6) is 0 Å². The van der Waals surface area contributed by atoms with Crippen LogP contribution in [-0.4, -0.2) is 32.6 Å². The Balaban J connectivity index is 1.99. The lowest BCUT2D eigenvalue weighted by Gasteiger charge is -2.04. The average molecular weight is 314 g/mol. The van der Waals surface area contributed by atoms with Crippen molar-refractivity contribution in [2.45, 2.75) is 31.3 Å². The molecule has 0 radical (unpaired) electrons. The van der Waals surface area contributed by atoms with Gasteiger partial charge in [0.05, 0.1) is 17.2 Å². The Hall–Kier alpha value is -1.28. The van der Waals surface area contributed by atoms with Gasteiger partial charge < -0.3 is 9.32 Å². The first-order chi connectivity index (χ1) is 9.47. The fourth-order valence-corrected chi connectivity index (χ4v) is 3.41. The van der Waals surface area contributed by atoms with Crippen LogP contribution in [0.2, 0.25) is 0 Å². The SMILES string of the molecule is CC(C)c1ocnc1C[S@](=O)Cc1nsc(N(C)C)n1. The van der Waals surface area contributed by atoms with Crippen molar-refractivity contribution in [3.63, 3.8) is 0 Å². The van der Waals surface area contributed by atoms with E-state index in [0.717, 1.165) is 16.6 Å². The van der Waals surface area contributed by atoms with E-state index in [4.69, 9.17) is 4.42 Å². The number of hydrogen-bond acceptors (Lipinski definition) is 7. The van der Waals surface area contributed by atoms with Crippen LogP contribution >= 0.6 is 11.5 Å². The third-order valence-corrected chi connectivity index (χ3v) is 4.72. The molecule has 110 valence electrons. The topological polar surface area (TPSA) is 72.1 Å². The molecule has 20 heavy (non-hydrogen) atoms. The molecule has 0 spiro atoms. The van der Waals surface area contributed by atoms with Crippen LogP contribution in [0.15, 0.2) is 10.8 Å². The lowest BCUT2D eigenvalue weighted by Crippen LogP contribution is -2.08. The van der Waals surface area contributed by atoms with E-state index in [2.05, 4.69) is 14.3 Å². The minimum absolute atomic E-state index is 0.238. The van der Waals surface area contributed by atoms with Gasteiger partial charge in [-0.05, 0) is 0 Å². The quantitative estimate of drug-likeness (QED) is 0.813. The van der Waals surface area contributed by atoms with E-state index in [0.29, 0.717) is 17.3 Å². The van der Waals surface area contributed by atoms with Gasteiger partial charge in [0.25, 0.3) is 0 Å². The van der Waals surface area contributed by atoms with Crippen LogP contribution in [0, 0.1) is 0 Å². The molecule has 6 nitrogen and oxygen atoms in total. The van der Waals surface area contributed by atoms with Crippen molar-refractivity contribution in [1.29, 1.82) is 0 Å². The van der Waals surface area contributed by atoms with Gasteiger partial charge in [-0.15, -0.1) is 0 Å². The second-order valence-corrected chi connectivity index (χ2v) is 7.12. The van der Waals surface area contributed by atoms with Gasteiger partial charge in [-0.2, -0.15) is 4.37 Å². The summed E-state index contributed by atoms with van der Waals surface area (Å²) in [6.07, 6.45) is 1.41. The van der Waals surface area contributed by atoms with Crippen molar-refractivity contribution in [1.82, 2.24) is 14.3 Å². The first-order valence-corrected chi connectivity index (χ1v) is 8.50. The predicted octanol–water partition coefficient (Wildman–Crippen LogP) is 2.16. The summed E-state index contributed by atoms with van der Waals surface area (Å²) in [7, 11) is 2.73. The smallest absolute Gasteiger partial charge is 0.204 e. The summed E-state index contributed by atoms with van der Waals surface area (Å²) >= 11 is 1.31. The van der Waals surface area contributed by atoms with Crippen LogP contribution < -0.4 is 4.90 Å². The zero-order chi connectivity index (χ0) is 14.7. The Morgan fingerprint density at radius 3 is 2.75 bits per heavy atom. The first-order valence-electron chi connectivity index (χ1n) is 6.24. The Bertz CT molecular complexity index is 592. The summed E-state index contributed by atoms with van der Waals surface area (Å²) in [4.78, 5) is 10.4. The van der Waals surface area contributed by atoms with Crippen molar-refractivity contribution < 1.29 is 8.63 Å². The minimum Gasteiger partial charge on any atom is -0.448 e. The fraction of sp³-hybridized carbons (Fsp3) is 0.583. The highest BCUT2D eigenvalue weighted by Crippen LogP contribution is 2.20. The van der Waals surface area contributed by atoms with Crippen molar-refractivity contribution in [2.24, 2.45) is 0 Å². The second-order valence-electron chi connectivity index (χ2n) is 4.93. The lowest BCUT2D eigenvalue weighted by molar-refractivity contribution is 0.480. The van der Waals surface area contributed by atoms with Gasteiger partial charge in [-0.25, -0.2) is 9.97 Å². The molecule has 0 aromatic carbocycles. The monoisotopic (exact) mass is 314 g/mol. The van der Waals surface area contributed by atoms with Gasteiger partial charge in [0.1, 0.15) is 5.76 Å². The highest BCUT2D eigenvalue weighted by molar-refractivity contribution is 7.83. The largest absolute Gasteiger partial charge is 0.448 e. The van der Waals surface area contributed by atoms with E-state index in [1.807, 2.05) is 32.8 Å². The molecule has 0 amide bonds. The van der Waals surface area contributed by atoms with Crippen molar-refractivity contribution in [3.05, 3.63) is 23.7 Å². The van der Waals surface area contributed by atoms with Crippen LogP contribution in [0.1, 0.15) is 37.0 Å². The zero-order valence-electron chi connectivity index (χ0n) is 12.0. The molecule has 0 unspecified atom stereocenters. The molecule has 2 rings (SSSR count). The van der Waals surface area contributed by atoms with E-state index in [1.54, 1.807) is 0 Å². The molecule has 1 atom stereocenters. The van der Waals surface area contributed by atoms with Gasteiger partial charge in [-0.1, -0.05) is 13.8 Å². The maximum absolute atomic E-state index is 12.2. The van der Waals surface area contributed by atoms with E-state index < -0.39 is 10.8 Å². The van der Waals surface area contributed by atoms with Crippen LogP contribution in [0.25, 0.3) is 0 Å². The van der Waals surface area contributed by atoms with E-state index in [9.17, 15) is 4.21 Å². The van der Waals surface area contributed by atoms with E-state index in [1.165, 1.54) is 17.9 Å². The summed E-state index contributed by atoms with van der Waals surface area (Å²) in [5.41, 5.74) is 0.765. The molecule has 0 bridgehead atoms. The van der Waals surface area contributed by atoms with Crippen LogP contribution in [0.4, 0.5) is 5.13 Å². The Morgan fingerprint density at radius 1 is 1.40 bits per heavy atom. The average Bonchev–Trinajstić information content (AvgIpc) is 2.97. The molecule has 0 saturated carbocycles. The minimum atomic E-state index is -1.09. The lowest BCUT2D eigenvalue weighted by atomic mass is 10.1. The number of aromatic nitrogens is 3. The maximum atomic E-state index is 12.2. The summed E-state index contributed by atoms with van der Waals surface area (Å²) in [6, 6.07) is 0. The number of hydrogen-bond donors (Lipinski definition) is 0. The Kier molecular flexibility index (Phi) is 4.87. The zero-order valence-corrected chi connectivity index (χ0v) is 13.6. The third-order valence-electron chi connectivity index (χ3n) is 2.62. The molecule has 2 aromatic heterocycles. The highest BCUT2D eigenvalue weighted by atomic mass is 32.2.